The Kier molecular flexibility index (Phi) is 6.25. The fourth-order valence-electron chi connectivity index (χ4n) is 3.63. The van der Waals surface area contributed by atoms with Crippen molar-refractivity contribution in [3.05, 3.63) is 20.3 Å². The molecular weight excluding hydrogens is 353 g/mol. The van der Waals surface area contributed by atoms with Gasteiger partial charge < -0.3 is 9.64 Å². The molecule has 1 aromatic heterocycles. The zero-order valence-corrected chi connectivity index (χ0v) is 15.6. The van der Waals surface area contributed by atoms with Crippen molar-refractivity contribution in [2.24, 2.45) is 5.92 Å². The number of carbonyl (C=O) groups excluding carboxylic acids is 1. The van der Waals surface area contributed by atoms with Crippen LogP contribution in [0.5, 0.6) is 0 Å². The van der Waals surface area contributed by atoms with E-state index < -0.39 is 0 Å². The van der Waals surface area contributed by atoms with E-state index in [9.17, 15) is 4.79 Å². The lowest BCUT2D eigenvalue weighted by Crippen LogP contribution is -2.41. The van der Waals surface area contributed by atoms with Crippen LogP contribution >= 0.6 is 34.5 Å². The van der Waals surface area contributed by atoms with Gasteiger partial charge in [0, 0.05) is 26.1 Å². The number of likely N-dealkylation sites (tertiary alicyclic amines) is 1. The Hall–Kier alpha value is -0.290. The summed E-state index contributed by atoms with van der Waals surface area (Å²) in [6.45, 7) is 2.68. The molecule has 1 amide bonds. The van der Waals surface area contributed by atoms with Gasteiger partial charge in [-0.2, -0.15) is 0 Å². The van der Waals surface area contributed by atoms with Gasteiger partial charge in [0.05, 0.1) is 14.8 Å². The van der Waals surface area contributed by atoms with Crippen molar-refractivity contribution >= 4 is 40.4 Å². The summed E-state index contributed by atoms with van der Waals surface area (Å²) in [5.41, 5.74) is 1.06. The Morgan fingerprint density at radius 2 is 2.09 bits per heavy atom. The van der Waals surface area contributed by atoms with E-state index >= 15 is 0 Å². The Morgan fingerprint density at radius 1 is 1.30 bits per heavy atom. The third kappa shape index (κ3) is 4.62. The summed E-state index contributed by atoms with van der Waals surface area (Å²) in [6, 6.07) is 1.91. The zero-order valence-electron chi connectivity index (χ0n) is 13.2. The number of nitrogens with zero attached hydrogens (tertiary/aromatic N) is 1. The van der Waals surface area contributed by atoms with Crippen LogP contribution in [0.25, 0.3) is 0 Å². The number of thiophene rings is 1. The van der Waals surface area contributed by atoms with Crippen molar-refractivity contribution in [2.45, 2.75) is 51.0 Å². The number of amides is 1. The number of halogens is 2. The molecule has 2 saturated heterocycles. The number of hydrogen-bond acceptors (Lipinski definition) is 3. The smallest absolute Gasteiger partial charge is 0.222 e. The standard InChI is InChI=1S/C17H23Cl2NO2S/c18-15-11-13(17(19)23-15)3-1-5-16(21)20-8-6-12(7-9-20)14-4-2-10-22-14/h11-12,14H,1-10H2. The molecule has 0 radical (unpaired) electrons. The molecule has 3 rings (SSSR count). The van der Waals surface area contributed by atoms with Crippen molar-refractivity contribution < 1.29 is 9.53 Å². The van der Waals surface area contributed by atoms with Gasteiger partial charge in [0.1, 0.15) is 0 Å². The Labute approximate surface area is 151 Å². The second kappa shape index (κ2) is 8.19. The minimum absolute atomic E-state index is 0.272. The molecule has 2 fully saturated rings. The second-order valence-electron chi connectivity index (χ2n) is 6.47. The van der Waals surface area contributed by atoms with E-state index in [1.807, 2.05) is 11.0 Å². The first-order chi connectivity index (χ1) is 11.1. The highest BCUT2D eigenvalue weighted by atomic mass is 35.5. The lowest BCUT2D eigenvalue weighted by Gasteiger charge is -2.34. The van der Waals surface area contributed by atoms with E-state index in [0.29, 0.717) is 22.8 Å². The van der Waals surface area contributed by atoms with Crippen LogP contribution in [0, 0.1) is 5.92 Å². The van der Waals surface area contributed by atoms with Crippen LogP contribution in [0.3, 0.4) is 0 Å². The van der Waals surface area contributed by atoms with Crippen LogP contribution in [0.1, 0.15) is 44.1 Å². The molecule has 0 saturated carbocycles. The van der Waals surface area contributed by atoms with Gasteiger partial charge in [-0.05, 0) is 56.1 Å². The molecule has 0 spiro atoms. The molecular formula is C17H23Cl2NO2S. The SMILES string of the molecule is O=C(CCCc1cc(Cl)sc1Cl)N1CCC(C2CCCO2)CC1. The quantitative estimate of drug-likeness (QED) is 0.739. The highest BCUT2D eigenvalue weighted by Crippen LogP contribution is 2.32. The van der Waals surface area contributed by atoms with E-state index in [0.717, 1.165) is 55.3 Å². The number of ether oxygens (including phenoxy) is 1. The number of aryl methyl sites for hydroxylation is 1. The summed E-state index contributed by atoms with van der Waals surface area (Å²) in [5, 5.41) is 0. The van der Waals surface area contributed by atoms with Crippen molar-refractivity contribution in [1.82, 2.24) is 4.90 Å². The van der Waals surface area contributed by atoms with Gasteiger partial charge in [-0.25, -0.2) is 0 Å². The van der Waals surface area contributed by atoms with E-state index in [4.69, 9.17) is 27.9 Å². The maximum Gasteiger partial charge on any atom is 0.222 e. The molecule has 0 aliphatic carbocycles. The highest BCUT2D eigenvalue weighted by Gasteiger charge is 2.30. The van der Waals surface area contributed by atoms with Gasteiger partial charge in [-0.15, -0.1) is 11.3 Å². The minimum atomic E-state index is 0.272. The number of piperidine rings is 1. The maximum atomic E-state index is 12.3. The molecule has 2 aliphatic rings. The summed E-state index contributed by atoms with van der Waals surface area (Å²) in [6.07, 6.45) is 7.25. The minimum Gasteiger partial charge on any atom is -0.378 e. The highest BCUT2D eigenvalue weighted by molar-refractivity contribution is 7.20. The molecule has 23 heavy (non-hydrogen) atoms. The number of hydrogen-bond donors (Lipinski definition) is 0. The molecule has 0 bridgehead atoms. The van der Waals surface area contributed by atoms with Crippen LogP contribution in [0.2, 0.25) is 8.67 Å². The number of rotatable bonds is 5. The van der Waals surface area contributed by atoms with Gasteiger partial charge in [0.25, 0.3) is 0 Å². The summed E-state index contributed by atoms with van der Waals surface area (Å²) >= 11 is 13.5. The van der Waals surface area contributed by atoms with Crippen LogP contribution in [-0.4, -0.2) is 36.6 Å². The molecule has 6 heteroatoms. The van der Waals surface area contributed by atoms with E-state index in [1.165, 1.54) is 24.2 Å². The molecule has 3 nitrogen and oxygen atoms in total. The van der Waals surface area contributed by atoms with E-state index in [2.05, 4.69) is 0 Å². The molecule has 0 aromatic carbocycles. The zero-order chi connectivity index (χ0) is 16.2. The van der Waals surface area contributed by atoms with Gasteiger partial charge in [0.2, 0.25) is 5.91 Å². The molecule has 1 aromatic rings. The Balaban J connectivity index is 1.38. The van der Waals surface area contributed by atoms with Gasteiger partial charge >= 0.3 is 0 Å². The van der Waals surface area contributed by atoms with Gasteiger partial charge in [-0.3, -0.25) is 4.79 Å². The topological polar surface area (TPSA) is 29.5 Å². The first kappa shape index (κ1) is 17.5. The Bertz CT molecular complexity index is 535. The summed E-state index contributed by atoms with van der Waals surface area (Å²) in [5.74, 6) is 0.918. The van der Waals surface area contributed by atoms with Crippen molar-refractivity contribution in [3.63, 3.8) is 0 Å². The van der Waals surface area contributed by atoms with Crippen LogP contribution in [0.15, 0.2) is 6.07 Å². The normalized spacial score (nSPS) is 22.7. The maximum absolute atomic E-state index is 12.3. The summed E-state index contributed by atoms with van der Waals surface area (Å²) in [4.78, 5) is 14.4. The fourth-order valence-corrected chi connectivity index (χ4v) is 5.17. The van der Waals surface area contributed by atoms with Crippen LogP contribution in [-0.2, 0) is 16.0 Å². The Morgan fingerprint density at radius 3 is 2.70 bits per heavy atom. The van der Waals surface area contributed by atoms with Crippen molar-refractivity contribution in [2.75, 3.05) is 19.7 Å². The third-order valence-corrected chi connectivity index (χ3v) is 6.52. The van der Waals surface area contributed by atoms with Gasteiger partial charge in [0.15, 0.2) is 0 Å². The molecule has 128 valence electrons. The monoisotopic (exact) mass is 375 g/mol. The van der Waals surface area contributed by atoms with E-state index in [-0.39, 0.29) is 5.91 Å². The lowest BCUT2D eigenvalue weighted by atomic mass is 9.89. The average molecular weight is 376 g/mol. The molecule has 2 aliphatic heterocycles. The first-order valence-electron chi connectivity index (χ1n) is 8.46. The lowest BCUT2D eigenvalue weighted by molar-refractivity contribution is -0.133. The van der Waals surface area contributed by atoms with Crippen molar-refractivity contribution in [1.29, 1.82) is 0 Å². The molecule has 1 atom stereocenters. The van der Waals surface area contributed by atoms with Crippen LogP contribution in [0.4, 0.5) is 0 Å². The average Bonchev–Trinajstić information content (AvgIpc) is 3.18. The second-order valence-corrected chi connectivity index (χ2v) is 8.76. The third-order valence-electron chi connectivity index (χ3n) is 4.95. The fraction of sp³-hybridized carbons (Fsp3) is 0.706. The molecule has 3 heterocycles. The summed E-state index contributed by atoms with van der Waals surface area (Å²) < 4.78 is 7.25. The first-order valence-corrected chi connectivity index (χ1v) is 10.0. The number of carbonyl (C=O) groups is 1. The van der Waals surface area contributed by atoms with E-state index in [1.54, 1.807) is 0 Å². The summed E-state index contributed by atoms with van der Waals surface area (Å²) in [7, 11) is 0. The predicted molar refractivity (Wildman–Crippen MR) is 95.6 cm³/mol. The van der Waals surface area contributed by atoms with Crippen molar-refractivity contribution in [3.8, 4) is 0 Å². The van der Waals surface area contributed by atoms with Crippen LogP contribution < -0.4 is 0 Å². The molecule has 1 unspecified atom stereocenters. The predicted octanol–water partition coefficient (Wildman–Crippen LogP) is 4.80. The molecule has 0 N–H and O–H groups in total. The van der Waals surface area contributed by atoms with Gasteiger partial charge in [-0.1, -0.05) is 23.2 Å². The largest absolute Gasteiger partial charge is 0.378 e.